The maximum atomic E-state index is 13.3. The Morgan fingerprint density at radius 2 is 1.83 bits per heavy atom. The highest BCUT2D eigenvalue weighted by Crippen LogP contribution is 2.44. The average molecular weight is 499 g/mol. The zero-order chi connectivity index (χ0) is 25.2. The van der Waals surface area contributed by atoms with Gasteiger partial charge in [-0.15, -0.1) is 0 Å². The minimum atomic E-state index is -0.919. The zero-order valence-electron chi connectivity index (χ0n) is 19.3. The molecule has 7 nitrogen and oxygen atoms in total. The predicted octanol–water partition coefficient (Wildman–Crippen LogP) is 5.58. The molecule has 0 fully saturated rings. The number of fused-ring (bicyclic) bond motifs is 1. The van der Waals surface area contributed by atoms with Crippen LogP contribution in [0.5, 0.6) is 11.5 Å². The summed E-state index contributed by atoms with van der Waals surface area (Å²) in [4.78, 5) is 32.6. The van der Waals surface area contributed by atoms with E-state index in [2.05, 4.69) is 4.98 Å². The van der Waals surface area contributed by atoms with E-state index in [1.807, 2.05) is 43.3 Å². The Labute approximate surface area is 211 Å². The molecule has 1 aliphatic heterocycles. The lowest BCUT2D eigenvalue weighted by Crippen LogP contribution is -2.30. The molecule has 0 bridgehead atoms. The number of rotatable bonds is 7. The van der Waals surface area contributed by atoms with Crippen molar-refractivity contribution in [1.29, 1.82) is 0 Å². The smallest absolute Gasteiger partial charge is 0.296 e. The van der Waals surface area contributed by atoms with Gasteiger partial charge >= 0.3 is 0 Å². The van der Waals surface area contributed by atoms with Gasteiger partial charge < -0.3 is 14.9 Å². The van der Waals surface area contributed by atoms with E-state index in [1.54, 1.807) is 30.3 Å². The first-order chi connectivity index (χ1) is 17.5. The first kappa shape index (κ1) is 23.3. The molecule has 2 N–H and O–H groups in total. The number of amides is 1. The van der Waals surface area contributed by atoms with Gasteiger partial charge in [0.2, 0.25) is 0 Å². The molecular weight excluding hydrogens is 476 g/mol. The van der Waals surface area contributed by atoms with Gasteiger partial charge in [-0.1, -0.05) is 59.9 Å². The van der Waals surface area contributed by atoms with E-state index in [4.69, 9.17) is 4.74 Å². The van der Waals surface area contributed by atoms with Crippen LogP contribution >= 0.6 is 11.3 Å². The molecule has 180 valence electrons. The summed E-state index contributed by atoms with van der Waals surface area (Å²) in [5, 5.41) is 21.0. The monoisotopic (exact) mass is 498 g/mol. The highest BCUT2D eigenvalue weighted by Gasteiger charge is 2.45. The maximum Gasteiger partial charge on any atom is 0.296 e. The molecule has 1 unspecified atom stereocenters. The molecule has 1 atom stereocenters. The van der Waals surface area contributed by atoms with Crippen LogP contribution in [0.1, 0.15) is 24.1 Å². The van der Waals surface area contributed by atoms with Crippen molar-refractivity contribution < 1.29 is 24.5 Å². The zero-order valence-corrected chi connectivity index (χ0v) is 20.1. The molecule has 2 heterocycles. The molecule has 0 saturated heterocycles. The summed E-state index contributed by atoms with van der Waals surface area (Å²) in [5.41, 5.74) is 1.98. The normalized spacial score (nSPS) is 15.9. The summed E-state index contributed by atoms with van der Waals surface area (Å²) in [6.45, 7) is 2.41. The number of hydrogen-bond acceptors (Lipinski definition) is 7. The van der Waals surface area contributed by atoms with Crippen molar-refractivity contribution in [2.75, 3.05) is 11.5 Å². The number of nitrogens with zero attached hydrogens (tertiary/aromatic N) is 2. The molecule has 4 aromatic rings. The molecule has 0 spiro atoms. The third-order valence-electron chi connectivity index (χ3n) is 5.77. The molecule has 5 rings (SSSR count). The van der Waals surface area contributed by atoms with Crippen LogP contribution in [0.25, 0.3) is 16.3 Å². The number of allylic oxidation sites excluding steroid dienone is 1. The number of ether oxygens (including phenoxy) is 1. The number of aliphatic hydroxyl groups is 1. The lowest BCUT2D eigenvalue weighted by Gasteiger charge is -2.24. The van der Waals surface area contributed by atoms with Gasteiger partial charge in [0.05, 0.1) is 28.4 Å². The molecule has 1 aliphatic rings. The summed E-state index contributed by atoms with van der Waals surface area (Å²) in [6.07, 6.45) is 2.98. The third kappa shape index (κ3) is 4.34. The van der Waals surface area contributed by atoms with Crippen LogP contribution in [0.2, 0.25) is 0 Å². The number of aliphatic hydroxyl groups excluding tert-OH is 1. The van der Waals surface area contributed by atoms with E-state index in [9.17, 15) is 19.8 Å². The quantitative estimate of drug-likeness (QED) is 0.323. The Balaban J connectivity index is 1.58. The van der Waals surface area contributed by atoms with Crippen LogP contribution in [-0.2, 0) is 9.59 Å². The second-order valence-electron chi connectivity index (χ2n) is 8.10. The largest absolute Gasteiger partial charge is 0.508 e. The number of anilines is 1. The van der Waals surface area contributed by atoms with Crippen LogP contribution in [0.15, 0.2) is 90.2 Å². The van der Waals surface area contributed by atoms with E-state index >= 15 is 0 Å². The van der Waals surface area contributed by atoms with Gasteiger partial charge in [0.1, 0.15) is 11.5 Å². The van der Waals surface area contributed by atoms with Gasteiger partial charge in [-0.25, -0.2) is 4.98 Å². The van der Waals surface area contributed by atoms with Gasteiger partial charge in [0.25, 0.3) is 5.91 Å². The summed E-state index contributed by atoms with van der Waals surface area (Å²) < 4.78 is 6.38. The Bertz CT molecular complexity index is 1510. The van der Waals surface area contributed by atoms with Gasteiger partial charge in [0.15, 0.2) is 16.7 Å². The Hall–Kier alpha value is -4.43. The molecule has 1 amide bonds. The first-order valence-corrected chi connectivity index (χ1v) is 12.1. The predicted molar refractivity (Wildman–Crippen MR) is 139 cm³/mol. The summed E-state index contributed by atoms with van der Waals surface area (Å²) in [7, 11) is 0. The Morgan fingerprint density at radius 1 is 1.08 bits per heavy atom. The fourth-order valence-corrected chi connectivity index (χ4v) is 5.13. The van der Waals surface area contributed by atoms with Gasteiger partial charge in [-0.2, -0.15) is 0 Å². The number of benzene rings is 3. The lowest BCUT2D eigenvalue weighted by atomic mass is 9.95. The first-order valence-electron chi connectivity index (χ1n) is 11.3. The topological polar surface area (TPSA) is 100.0 Å². The van der Waals surface area contributed by atoms with Crippen LogP contribution in [0.3, 0.4) is 0 Å². The van der Waals surface area contributed by atoms with E-state index in [0.717, 1.165) is 10.3 Å². The van der Waals surface area contributed by atoms with Crippen molar-refractivity contribution in [1.82, 2.24) is 4.98 Å². The standard InChI is InChI=1S/C28H22N2O5S/c1-2-35-20-13-14-21-23(16-20)36-28(29-21)30-25(18-9-11-19(31)12-10-18)24(26(33)27(30)34)22(32)15-8-17-6-4-3-5-7-17/h3-16,25,31,33H,2H2,1H3. The maximum absolute atomic E-state index is 13.3. The van der Waals surface area contributed by atoms with Crippen molar-refractivity contribution in [3.8, 4) is 11.5 Å². The van der Waals surface area contributed by atoms with Gasteiger partial charge in [0, 0.05) is 0 Å². The van der Waals surface area contributed by atoms with Crippen molar-refractivity contribution >= 4 is 44.5 Å². The molecule has 0 radical (unpaired) electrons. The number of ketones is 1. The molecule has 36 heavy (non-hydrogen) atoms. The number of hydrogen-bond donors (Lipinski definition) is 2. The molecule has 0 saturated carbocycles. The second kappa shape index (κ2) is 9.67. The van der Waals surface area contributed by atoms with Crippen molar-refractivity contribution in [2.24, 2.45) is 0 Å². The second-order valence-corrected chi connectivity index (χ2v) is 9.11. The van der Waals surface area contributed by atoms with Crippen LogP contribution < -0.4 is 9.64 Å². The van der Waals surface area contributed by atoms with Gasteiger partial charge in [-0.3, -0.25) is 14.5 Å². The average Bonchev–Trinajstić information content (AvgIpc) is 3.42. The lowest BCUT2D eigenvalue weighted by molar-refractivity contribution is -0.117. The number of aromatic hydroxyl groups is 1. The summed E-state index contributed by atoms with van der Waals surface area (Å²) in [5.74, 6) is -1.10. The third-order valence-corrected chi connectivity index (χ3v) is 6.79. The van der Waals surface area contributed by atoms with Crippen molar-refractivity contribution in [3.05, 3.63) is 101 Å². The van der Waals surface area contributed by atoms with Gasteiger partial charge in [-0.05, 0) is 54.5 Å². The van der Waals surface area contributed by atoms with E-state index < -0.39 is 23.5 Å². The SMILES string of the molecule is CCOc1ccc2nc(N3C(=O)C(O)=C(C(=O)C=Cc4ccccc4)C3c3ccc(O)cc3)sc2c1. The summed E-state index contributed by atoms with van der Waals surface area (Å²) in [6, 6.07) is 20.0. The number of aromatic nitrogens is 1. The van der Waals surface area contributed by atoms with Crippen LogP contribution in [0, 0.1) is 0 Å². The molecule has 3 aromatic carbocycles. The van der Waals surface area contributed by atoms with Crippen LogP contribution in [0.4, 0.5) is 5.13 Å². The molecule has 8 heteroatoms. The molecular formula is C28H22N2O5S. The van der Waals surface area contributed by atoms with Crippen LogP contribution in [-0.4, -0.2) is 33.5 Å². The highest BCUT2D eigenvalue weighted by molar-refractivity contribution is 7.22. The minimum Gasteiger partial charge on any atom is -0.508 e. The van der Waals surface area contributed by atoms with E-state index in [1.165, 1.54) is 34.4 Å². The number of phenols is 1. The number of carbonyl (C=O) groups is 2. The van der Waals surface area contributed by atoms with E-state index in [-0.39, 0.29) is 11.3 Å². The number of carbonyl (C=O) groups excluding carboxylic acids is 2. The molecule has 0 aliphatic carbocycles. The minimum absolute atomic E-state index is 0.0446. The Morgan fingerprint density at radius 3 is 2.56 bits per heavy atom. The molecule has 1 aromatic heterocycles. The number of thiazole rings is 1. The van der Waals surface area contributed by atoms with Crippen molar-refractivity contribution in [2.45, 2.75) is 13.0 Å². The summed E-state index contributed by atoms with van der Waals surface area (Å²) >= 11 is 1.26. The Kier molecular flexibility index (Phi) is 6.26. The number of phenolic OH excluding ortho intramolecular Hbond substituents is 1. The fourth-order valence-electron chi connectivity index (χ4n) is 4.10. The van der Waals surface area contributed by atoms with Crippen molar-refractivity contribution in [3.63, 3.8) is 0 Å². The highest BCUT2D eigenvalue weighted by atomic mass is 32.1. The fraction of sp³-hybridized carbons (Fsp3) is 0.107. The van der Waals surface area contributed by atoms with E-state index in [0.29, 0.717) is 28.6 Å².